The molecule has 0 radical (unpaired) electrons. The van der Waals surface area contributed by atoms with Crippen LogP contribution in [0.4, 0.5) is 0 Å². The minimum atomic E-state index is -3.55. The van der Waals surface area contributed by atoms with Crippen molar-refractivity contribution in [3.05, 3.63) is 48.3 Å². The Kier molecular flexibility index (Phi) is 3.69. The van der Waals surface area contributed by atoms with Gasteiger partial charge in [-0.2, -0.15) is 4.31 Å². The van der Waals surface area contributed by atoms with Crippen molar-refractivity contribution in [1.29, 1.82) is 0 Å². The summed E-state index contributed by atoms with van der Waals surface area (Å²) in [4.78, 5) is 12.7. The van der Waals surface area contributed by atoms with Gasteiger partial charge in [0.2, 0.25) is 10.0 Å². The molecule has 0 amide bonds. The van der Waals surface area contributed by atoms with Crippen molar-refractivity contribution in [3.63, 3.8) is 0 Å². The van der Waals surface area contributed by atoms with Gasteiger partial charge in [0.05, 0.1) is 23.6 Å². The van der Waals surface area contributed by atoms with Gasteiger partial charge in [-0.05, 0) is 31.9 Å². The van der Waals surface area contributed by atoms with Crippen LogP contribution in [0, 0.1) is 6.92 Å². The molecule has 3 heterocycles. The first kappa shape index (κ1) is 14.1. The maximum Gasteiger partial charge on any atom is 0.245 e. The first-order valence-electron chi connectivity index (χ1n) is 6.79. The molecule has 7 heteroatoms. The third-order valence-corrected chi connectivity index (χ3v) is 5.45. The van der Waals surface area contributed by atoms with Crippen molar-refractivity contribution in [2.45, 2.75) is 30.7 Å². The molecule has 0 saturated carbocycles. The van der Waals surface area contributed by atoms with Crippen molar-refractivity contribution in [3.8, 4) is 0 Å². The van der Waals surface area contributed by atoms with E-state index in [9.17, 15) is 8.42 Å². The number of hydrogen-bond acceptors (Lipinski definition) is 5. The molecule has 1 aliphatic rings. The van der Waals surface area contributed by atoms with E-state index < -0.39 is 10.0 Å². The summed E-state index contributed by atoms with van der Waals surface area (Å²) < 4.78 is 27.0. The van der Waals surface area contributed by atoms with E-state index in [1.807, 2.05) is 6.92 Å². The van der Waals surface area contributed by atoms with Crippen LogP contribution in [0.1, 0.15) is 30.3 Å². The number of nitrogens with zero attached hydrogens (tertiary/aromatic N) is 4. The van der Waals surface area contributed by atoms with Gasteiger partial charge in [0, 0.05) is 25.1 Å². The van der Waals surface area contributed by atoms with Gasteiger partial charge in [-0.15, -0.1) is 0 Å². The minimum absolute atomic E-state index is 0.220. The molecule has 1 fully saturated rings. The van der Waals surface area contributed by atoms with Gasteiger partial charge < -0.3 is 0 Å². The second-order valence-electron chi connectivity index (χ2n) is 5.05. The van der Waals surface area contributed by atoms with E-state index in [-0.39, 0.29) is 10.9 Å². The molecule has 2 aromatic rings. The third-order valence-electron chi connectivity index (χ3n) is 3.56. The summed E-state index contributed by atoms with van der Waals surface area (Å²) in [5.41, 5.74) is 1.50. The summed E-state index contributed by atoms with van der Waals surface area (Å²) >= 11 is 0. The van der Waals surface area contributed by atoms with Crippen LogP contribution >= 0.6 is 0 Å². The summed E-state index contributed by atoms with van der Waals surface area (Å²) in [6.07, 6.45) is 7.84. The fourth-order valence-corrected chi connectivity index (χ4v) is 4.24. The predicted octanol–water partition coefficient (Wildman–Crippen LogP) is 1.71. The van der Waals surface area contributed by atoms with Gasteiger partial charge >= 0.3 is 0 Å². The minimum Gasteiger partial charge on any atom is -0.263 e. The van der Waals surface area contributed by atoms with Crippen molar-refractivity contribution in [2.75, 3.05) is 6.54 Å². The number of sulfonamides is 1. The number of hydrogen-bond donors (Lipinski definition) is 0. The molecule has 1 aliphatic heterocycles. The van der Waals surface area contributed by atoms with E-state index in [4.69, 9.17) is 0 Å². The molecule has 0 aliphatic carbocycles. The summed E-state index contributed by atoms with van der Waals surface area (Å²) in [6, 6.07) is 2.95. The number of pyridine rings is 1. The average Bonchev–Trinajstić information content (AvgIpc) is 2.98. The SMILES string of the molecule is Cc1cncc(C2CCCN2S(=O)(=O)c2cccnc2)n1. The van der Waals surface area contributed by atoms with Crippen LogP contribution in [0.25, 0.3) is 0 Å². The van der Waals surface area contributed by atoms with Crippen LogP contribution in [0.2, 0.25) is 0 Å². The molecule has 1 unspecified atom stereocenters. The van der Waals surface area contributed by atoms with Gasteiger partial charge in [0.25, 0.3) is 0 Å². The van der Waals surface area contributed by atoms with E-state index in [0.29, 0.717) is 12.2 Å². The predicted molar refractivity (Wildman–Crippen MR) is 76.9 cm³/mol. The van der Waals surface area contributed by atoms with Crippen LogP contribution in [0.3, 0.4) is 0 Å². The zero-order valence-electron chi connectivity index (χ0n) is 11.7. The van der Waals surface area contributed by atoms with Gasteiger partial charge in [-0.25, -0.2) is 8.42 Å². The fraction of sp³-hybridized carbons (Fsp3) is 0.357. The van der Waals surface area contributed by atoms with Crippen molar-refractivity contribution in [2.24, 2.45) is 0 Å². The third kappa shape index (κ3) is 2.66. The highest BCUT2D eigenvalue weighted by Crippen LogP contribution is 2.35. The first-order chi connectivity index (χ1) is 10.1. The Morgan fingerprint density at radius 1 is 1.24 bits per heavy atom. The summed E-state index contributed by atoms with van der Waals surface area (Å²) in [5, 5.41) is 0. The Morgan fingerprint density at radius 2 is 2.10 bits per heavy atom. The van der Waals surface area contributed by atoms with E-state index in [0.717, 1.165) is 18.5 Å². The molecule has 0 N–H and O–H groups in total. The highest BCUT2D eigenvalue weighted by atomic mass is 32.2. The number of aryl methyl sites for hydroxylation is 1. The molecule has 1 saturated heterocycles. The molecule has 0 bridgehead atoms. The van der Waals surface area contributed by atoms with Crippen molar-refractivity contribution < 1.29 is 8.42 Å². The Balaban J connectivity index is 1.98. The van der Waals surface area contributed by atoms with Gasteiger partial charge in [-0.3, -0.25) is 15.0 Å². The zero-order valence-corrected chi connectivity index (χ0v) is 12.5. The Labute approximate surface area is 123 Å². The second-order valence-corrected chi connectivity index (χ2v) is 6.94. The molecule has 1 atom stereocenters. The molecule has 0 spiro atoms. The van der Waals surface area contributed by atoms with E-state index in [2.05, 4.69) is 15.0 Å². The van der Waals surface area contributed by atoms with E-state index >= 15 is 0 Å². The number of aromatic nitrogens is 3. The van der Waals surface area contributed by atoms with Crippen LogP contribution in [-0.2, 0) is 10.0 Å². The molecule has 6 nitrogen and oxygen atoms in total. The van der Waals surface area contributed by atoms with Gasteiger partial charge in [-0.1, -0.05) is 0 Å². The molecule has 3 rings (SSSR count). The lowest BCUT2D eigenvalue weighted by Gasteiger charge is -2.23. The summed E-state index contributed by atoms with van der Waals surface area (Å²) in [6.45, 7) is 2.35. The quantitative estimate of drug-likeness (QED) is 0.862. The smallest absolute Gasteiger partial charge is 0.245 e. The average molecular weight is 304 g/mol. The normalized spacial score (nSPS) is 19.8. The molecule has 21 heavy (non-hydrogen) atoms. The highest BCUT2D eigenvalue weighted by Gasteiger charge is 2.37. The van der Waals surface area contributed by atoms with Crippen LogP contribution in [-0.4, -0.2) is 34.2 Å². The standard InChI is InChI=1S/C14H16N4O2S/c1-11-8-16-10-13(17-11)14-5-3-7-18(14)21(19,20)12-4-2-6-15-9-12/h2,4,6,8-10,14H,3,5,7H2,1H3. The molecule has 110 valence electrons. The van der Waals surface area contributed by atoms with Gasteiger partial charge in [0.15, 0.2) is 0 Å². The second kappa shape index (κ2) is 5.50. The summed E-state index contributed by atoms with van der Waals surface area (Å²) in [5.74, 6) is 0. The molecule has 0 aromatic carbocycles. The van der Waals surface area contributed by atoms with Crippen LogP contribution in [0.15, 0.2) is 41.8 Å². The Morgan fingerprint density at radius 3 is 2.81 bits per heavy atom. The van der Waals surface area contributed by atoms with Crippen LogP contribution in [0.5, 0.6) is 0 Å². The maximum atomic E-state index is 12.7. The van der Waals surface area contributed by atoms with Crippen LogP contribution < -0.4 is 0 Å². The van der Waals surface area contributed by atoms with E-state index in [1.54, 1.807) is 30.7 Å². The first-order valence-corrected chi connectivity index (χ1v) is 8.23. The highest BCUT2D eigenvalue weighted by molar-refractivity contribution is 7.89. The van der Waals surface area contributed by atoms with E-state index in [1.165, 1.54) is 10.5 Å². The van der Waals surface area contributed by atoms with Crippen molar-refractivity contribution >= 4 is 10.0 Å². The fourth-order valence-electron chi connectivity index (χ4n) is 2.60. The Bertz CT molecular complexity index is 734. The topological polar surface area (TPSA) is 76.1 Å². The maximum absolute atomic E-state index is 12.7. The summed E-state index contributed by atoms with van der Waals surface area (Å²) in [7, 11) is -3.55. The lowest BCUT2D eigenvalue weighted by atomic mass is 10.2. The lowest BCUT2D eigenvalue weighted by molar-refractivity contribution is 0.389. The zero-order chi connectivity index (χ0) is 14.9. The molecular formula is C14H16N4O2S. The Hall–Kier alpha value is -1.86. The monoisotopic (exact) mass is 304 g/mol. The number of rotatable bonds is 3. The molecule has 2 aromatic heterocycles. The molecular weight excluding hydrogens is 288 g/mol. The van der Waals surface area contributed by atoms with Crippen molar-refractivity contribution in [1.82, 2.24) is 19.3 Å². The van der Waals surface area contributed by atoms with Gasteiger partial charge in [0.1, 0.15) is 4.90 Å². The largest absolute Gasteiger partial charge is 0.263 e. The lowest BCUT2D eigenvalue weighted by Crippen LogP contribution is -2.31.